The van der Waals surface area contributed by atoms with E-state index in [0.29, 0.717) is 10.6 Å². The van der Waals surface area contributed by atoms with Crippen molar-refractivity contribution in [3.63, 3.8) is 0 Å². The predicted octanol–water partition coefficient (Wildman–Crippen LogP) is 6.08. The van der Waals surface area contributed by atoms with E-state index in [1.165, 1.54) is 11.3 Å². The van der Waals surface area contributed by atoms with Gasteiger partial charge in [0.25, 0.3) is 0 Å². The van der Waals surface area contributed by atoms with Crippen molar-refractivity contribution < 1.29 is 0 Å². The van der Waals surface area contributed by atoms with Crippen LogP contribution in [0.3, 0.4) is 0 Å². The minimum Gasteiger partial charge on any atom is -0.244 e. The van der Waals surface area contributed by atoms with Gasteiger partial charge in [0, 0.05) is 11.6 Å². The largest absolute Gasteiger partial charge is 0.244 e. The average molecular weight is 333 g/mol. The smallest absolute Gasteiger partial charge is 0.126 e. The fourth-order valence-corrected chi connectivity index (χ4v) is 3.26. The highest BCUT2D eigenvalue weighted by atomic mass is 35.5. The Morgan fingerprint density at radius 3 is 1.75 bits per heavy atom. The molecule has 0 aliphatic carbocycles. The summed E-state index contributed by atoms with van der Waals surface area (Å²) in [6.07, 6.45) is 1.64. The first-order chi connectivity index (χ1) is 7.54. The molecule has 2 rings (SSSR count). The Hall–Kier alpha value is 0.300. The van der Waals surface area contributed by atoms with Crippen molar-refractivity contribution in [3.05, 3.63) is 36.7 Å². The van der Waals surface area contributed by atoms with Gasteiger partial charge in [-0.05, 0) is 0 Å². The van der Waals surface area contributed by atoms with Crippen LogP contribution in [0.4, 0.5) is 0 Å². The number of benzene rings is 1. The highest BCUT2D eigenvalue weighted by Gasteiger charge is 2.21. The van der Waals surface area contributed by atoms with Crippen molar-refractivity contribution in [3.8, 4) is 10.6 Å². The van der Waals surface area contributed by atoms with Gasteiger partial charge in [-0.1, -0.05) is 58.0 Å². The molecule has 2 aromatic rings. The maximum atomic E-state index is 6.07. The van der Waals surface area contributed by atoms with E-state index in [4.69, 9.17) is 58.0 Å². The van der Waals surface area contributed by atoms with E-state index in [-0.39, 0.29) is 25.1 Å². The third-order valence-electron chi connectivity index (χ3n) is 1.86. The monoisotopic (exact) mass is 331 g/mol. The van der Waals surface area contributed by atoms with Crippen molar-refractivity contribution in [2.24, 2.45) is 0 Å². The van der Waals surface area contributed by atoms with E-state index >= 15 is 0 Å². The fraction of sp³-hybridized carbons (Fsp3) is 0. The number of hydrogen-bond acceptors (Lipinski definition) is 2. The molecule has 84 valence electrons. The Balaban J connectivity index is 2.81. The zero-order chi connectivity index (χ0) is 11.9. The van der Waals surface area contributed by atoms with Crippen LogP contribution in [0.25, 0.3) is 10.6 Å². The lowest BCUT2D eigenvalue weighted by Crippen LogP contribution is -1.85. The van der Waals surface area contributed by atoms with Crippen LogP contribution in [0.2, 0.25) is 25.1 Å². The fourth-order valence-electron chi connectivity index (χ4n) is 1.14. The summed E-state index contributed by atoms with van der Waals surface area (Å²) in [5.41, 5.74) is 0.512. The summed E-state index contributed by atoms with van der Waals surface area (Å²) in [6, 6.07) is 0. The first-order valence-corrected chi connectivity index (χ1v) is 6.72. The second-order valence-electron chi connectivity index (χ2n) is 2.78. The van der Waals surface area contributed by atoms with Gasteiger partial charge in [0.2, 0.25) is 0 Å². The van der Waals surface area contributed by atoms with Gasteiger partial charge in [-0.2, -0.15) is 0 Å². The van der Waals surface area contributed by atoms with Crippen molar-refractivity contribution in [1.29, 1.82) is 0 Å². The molecule has 0 saturated carbocycles. The normalized spacial score (nSPS) is 10.8. The number of aromatic nitrogens is 1. The zero-order valence-electron chi connectivity index (χ0n) is 7.40. The van der Waals surface area contributed by atoms with Crippen molar-refractivity contribution >= 4 is 69.3 Å². The summed E-state index contributed by atoms with van der Waals surface area (Å²) >= 11 is 31.3. The van der Waals surface area contributed by atoms with Gasteiger partial charge in [-0.15, -0.1) is 11.3 Å². The van der Waals surface area contributed by atoms with Gasteiger partial charge >= 0.3 is 0 Å². The summed E-state index contributed by atoms with van der Waals surface area (Å²) < 4.78 is 0. The molecule has 0 amide bonds. The molecule has 1 aromatic heterocycles. The molecule has 1 heterocycles. The molecule has 0 unspecified atom stereocenters. The average Bonchev–Trinajstić information content (AvgIpc) is 2.77. The van der Waals surface area contributed by atoms with Gasteiger partial charge in [-0.25, -0.2) is 4.98 Å². The molecule has 0 spiro atoms. The van der Waals surface area contributed by atoms with Crippen molar-refractivity contribution in [2.75, 3.05) is 0 Å². The van der Waals surface area contributed by atoms with Crippen LogP contribution in [0, 0.1) is 0 Å². The molecule has 0 aliphatic rings. The standard InChI is InChI=1S/C9H2Cl5NS/c10-4-3(9-15-1-2-16-9)5(11)7(13)8(14)6(4)12/h1-2H. The maximum absolute atomic E-state index is 6.07. The minimum absolute atomic E-state index is 0.152. The molecule has 0 fully saturated rings. The molecule has 16 heavy (non-hydrogen) atoms. The summed E-state index contributed by atoms with van der Waals surface area (Å²) in [5.74, 6) is 0. The number of hydrogen-bond donors (Lipinski definition) is 0. The van der Waals surface area contributed by atoms with Crippen LogP contribution in [0.15, 0.2) is 11.6 Å². The Labute approximate surface area is 121 Å². The van der Waals surface area contributed by atoms with Gasteiger partial charge in [-0.3, -0.25) is 0 Å². The van der Waals surface area contributed by atoms with Gasteiger partial charge in [0.05, 0.1) is 30.7 Å². The quantitative estimate of drug-likeness (QED) is 0.455. The summed E-state index contributed by atoms with van der Waals surface area (Å²) in [7, 11) is 0. The SMILES string of the molecule is Clc1c(Cl)c(Cl)c(-c2nccs2)c(Cl)c1Cl. The summed E-state index contributed by atoms with van der Waals surface area (Å²) in [4.78, 5) is 4.11. The second-order valence-corrected chi connectivity index (χ2v) is 5.57. The van der Waals surface area contributed by atoms with E-state index in [9.17, 15) is 0 Å². The molecule has 0 radical (unpaired) electrons. The molecular weight excluding hydrogens is 331 g/mol. The first-order valence-electron chi connectivity index (χ1n) is 3.95. The number of halogens is 5. The highest BCUT2D eigenvalue weighted by Crippen LogP contribution is 2.48. The zero-order valence-corrected chi connectivity index (χ0v) is 12.0. The lowest BCUT2D eigenvalue weighted by atomic mass is 10.2. The minimum atomic E-state index is 0.152. The van der Waals surface area contributed by atoms with Crippen molar-refractivity contribution in [1.82, 2.24) is 4.98 Å². The van der Waals surface area contributed by atoms with Crippen LogP contribution in [-0.4, -0.2) is 4.98 Å². The molecule has 0 atom stereocenters. The number of thiazole rings is 1. The second kappa shape index (κ2) is 4.89. The molecule has 1 aromatic carbocycles. The third kappa shape index (κ3) is 2.03. The molecule has 1 nitrogen and oxygen atoms in total. The molecular formula is C9H2Cl5NS. The third-order valence-corrected chi connectivity index (χ3v) is 4.92. The van der Waals surface area contributed by atoms with Crippen molar-refractivity contribution in [2.45, 2.75) is 0 Å². The molecule has 7 heteroatoms. The number of nitrogens with zero attached hydrogens (tertiary/aromatic N) is 1. The van der Waals surface area contributed by atoms with E-state index in [0.717, 1.165) is 0 Å². The first kappa shape index (κ1) is 12.7. The molecule has 0 N–H and O–H groups in total. The van der Waals surface area contributed by atoms with Gasteiger partial charge in [0.1, 0.15) is 5.01 Å². The Bertz CT molecular complexity index is 508. The Morgan fingerprint density at radius 2 is 1.31 bits per heavy atom. The van der Waals surface area contributed by atoms with E-state index in [2.05, 4.69) is 4.98 Å². The summed E-state index contributed by atoms with van der Waals surface area (Å²) in [6.45, 7) is 0. The Kier molecular flexibility index (Phi) is 3.89. The van der Waals surface area contributed by atoms with E-state index < -0.39 is 0 Å². The van der Waals surface area contributed by atoms with Crippen LogP contribution in [0.1, 0.15) is 0 Å². The topological polar surface area (TPSA) is 12.9 Å². The maximum Gasteiger partial charge on any atom is 0.126 e. The number of rotatable bonds is 1. The lowest BCUT2D eigenvalue weighted by Gasteiger charge is -2.09. The van der Waals surface area contributed by atoms with Gasteiger partial charge in [0.15, 0.2) is 0 Å². The molecule has 0 aliphatic heterocycles. The lowest BCUT2D eigenvalue weighted by molar-refractivity contribution is 1.41. The van der Waals surface area contributed by atoms with E-state index in [1.807, 2.05) is 0 Å². The summed E-state index contributed by atoms with van der Waals surface area (Å²) in [5, 5.41) is 3.49. The highest BCUT2D eigenvalue weighted by molar-refractivity contribution is 7.13. The Morgan fingerprint density at radius 1 is 0.812 bits per heavy atom. The van der Waals surface area contributed by atoms with Crippen LogP contribution >= 0.6 is 69.3 Å². The van der Waals surface area contributed by atoms with E-state index in [1.54, 1.807) is 11.6 Å². The van der Waals surface area contributed by atoms with Crippen LogP contribution in [0.5, 0.6) is 0 Å². The van der Waals surface area contributed by atoms with Crippen LogP contribution in [-0.2, 0) is 0 Å². The van der Waals surface area contributed by atoms with Gasteiger partial charge < -0.3 is 0 Å². The van der Waals surface area contributed by atoms with Crippen LogP contribution < -0.4 is 0 Å². The molecule has 0 bridgehead atoms. The predicted molar refractivity (Wildman–Crippen MR) is 72.6 cm³/mol. The molecule has 0 saturated heterocycles.